The number of carbonyl (C=O) groups is 2. The molecular weight excluding hydrogens is 428 g/mol. The molecule has 0 atom stereocenters. The normalized spacial score (nSPS) is 10.7. The van der Waals surface area contributed by atoms with Gasteiger partial charge in [0.05, 0.1) is 12.7 Å². The van der Waals surface area contributed by atoms with E-state index in [0.29, 0.717) is 22.7 Å². The van der Waals surface area contributed by atoms with Crippen LogP contribution in [-0.2, 0) is 11.3 Å². The molecule has 0 spiro atoms. The number of methoxy groups -OCH3 is 1. The minimum absolute atomic E-state index is 0.0633. The second kappa shape index (κ2) is 10.8. The van der Waals surface area contributed by atoms with Gasteiger partial charge in [0, 0.05) is 11.6 Å². The zero-order chi connectivity index (χ0) is 22.9. The summed E-state index contributed by atoms with van der Waals surface area (Å²) in [5, 5.41) is 12.5. The molecule has 0 unspecified atom stereocenters. The van der Waals surface area contributed by atoms with Crippen molar-refractivity contribution in [2.45, 2.75) is 6.54 Å². The highest BCUT2D eigenvalue weighted by Crippen LogP contribution is 2.30. The first-order valence-electron chi connectivity index (χ1n) is 9.60. The van der Waals surface area contributed by atoms with Gasteiger partial charge in [-0.15, -0.1) is 0 Å². The minimum Gasteiger partial charge on any atom is -0.493 e. The molecular formula is C25H19ClN2O4. The first kappa shape index (κ1) is 22.6. The summed E-state index contributed by atoms with van der Waals surface area (Å²) in [6, 6.07) is 22.4. The summed E-state index contributed by atoms with van der Waals surface area (Å²) < 4.78 is 10.7. The van der Waals surface area contributed by atoms with Gasteiger partial charge in [-0.2, -0.15) is 5.26 Å². The predicted octanol–water partition coefficient (Wildman–Crippen LogP) is 4.79. The monoisotopic (exact) mass is 446 g/mol. The molecule has 160 valence electrons. The van der Waals surface area contributed by atoms with Gasteiger partial charge in [-0.05, 0) is 47.5 Å². The van der Waals surface area contributed by atoms with Crippen LogP contribution >= 0.6 is 11.6 Å². The highest BCUT2D eigenvalue weighted by molar-refractivity contribution is 6.30. The van der Waals surface area contributed by atoms with Crippen LogP contribution in [0.25, 0.3) is 6.08 Å². The first-order valence-corrected chi connectivity index (χ1v) is 9.97. The molecule has 6 nitrogen and oxygen atoms in total. The number of carbonyl (C=O) groups excluding carboxylic acids is 2. The molecule has 0 bridgehead atoms. The highest BCUT2D eigenvalue weighted by atomic mass is 35.5. The second-order valence-electron chi connectivity index (χ2n) is 6.65. The van der Waals surface area contributed by atoms with Crippen LogP contribution in [-0.4, -0.2) is 19.0 Å². The summed E-state index contributed by atoms with van der Waals surface area (Å²) in [5.74, 6) is -0.614. The van der Waals surface area contributed by atoms with Crippen LogP contribution in [0, 0.1) is 11.3 Å². The topological polar surface area (TPSA) is 88.4 Å². The lowest BCUT2D eigenvalue weighted by Crippen LogP contribution is -2.23. The first-order chi connectivity index (χ1) is 15.5. The third-order valence-electron chi connectivity index (χ3n) is 4.42. The summed E-state index contributed by atoms with van der Waals surface area (Å²) >= 11 is 5.92. The third-order valence-corrected chi connectivity index (χ3v) is 4.66. The van der Waals surface area contributed by atoms with E-state index in [1.54, 1.807) is 30.3 Å². The van der Waals surface area contributed by atoms with E-state index in [-0.39, 0.29) is 17.1 Å². The molecule has 0 saturated carbocycles. The van der Waals surface area contributed by atoms with Gasteiger partial charge in [0.25, 0.3) is 5.91 Å². The minimum atomic E-state index is -0.591. The van der Waals surface area contributed by atoms with Gasteiger partial charge in [-0.1, -0.05) is 54.1 Å². The van der Waals surface area contributed by atoms with Crippen LogP contribution < -0.4 is 14.8 Å². The molecule has 1 N–H and O–H groups in total. The van der Waals surface area contributed by atoms with E-state index in [2.05, 4.69) is 5.32 Å². The quantitative estimate of drug-likeness (QED) is 0.244. The Morgan fingerprint density at radius 3 is 2.50 bits per heavy atom. The fourth-order valence-electron chi connectivity index (χ4n) is 2.82. The number of nitrogens with zero attached hydrogens (tertiary/aromatic N) is 1. The van der Waals surface area contributed by atoms with Crippen molar-refractivity contribution in [2.24, 2.45) is 0 Å². The van der Waals surface area contributed by atoms with Crippen molar-refractivity contribution in [1.82, 2.24) is 5.32 Å². The third kappa shape index (κ3) is 5.97. The molecule has 0 aliphatic carbocycles. The number of ether oxygens (including phenoxy) is 2. The lowest BCUT2D eigenvalue weighted by molar-refractivity contribution is -0.117. The maximum Gasteiger partial charge on any atom is 0.343 e. The molecule has 3 aromatic rings. The lowest BCUT2D eigenvalue weighted by atomic mass is 10.1. The molecule has 0 aliphatic rings. The average molecular weight is 447 g/mol. The van der Waals surface area contributed by atoms with Crippen LogP contribution in [0.1, 0.15) is 21.5 Å². The van der Waals surface area contributed by atoms with E-state index in [1.807, 2.05) is 36.4 Å². The average Bonchev–Trinajstić information content (AvgIpc) is 2.82. The van der Waals surface area contributed by atoms with Gasteiger partial charge in [0.15, 0.2) is 11.5 Å². The molecule has 0 fully saturated rings. The molecule has 1 amide bonds. The standard InChI is InChI=1S/C25H19ClN2O4/c1-31-23-13-18(10-11-22(23)32-25(30)19-8-5-9-21(26)14-19)12-20(15-27)24(29)28-16-17-6-3-2-4-7-17/h2-14H,16H2,1H3,(H,28,29)/b20-12+. The van der Waals surface area contributed by atoms with Crippen LogP contribution in [0.5, 0.6) is 11.5 Å². The second-order valence-corrected chi connectivity index (χ2v) is 7.08. The van der Waals surface area contributed by atoms with E-state index >= 15 is 0 Å². The largest absolute Gasteiger partial charge is 0.493 e. The molecule has 0 aliphatic heterocycles. The summed E-state index contributed by atoms with van der Waals surface area (Å²) in [6.45, 7) is 0.306. The summed E-state index contributed by atoms with van der Waals surface area (Å²) in [4.78, 5) is 24.8. The van der Waals surface area contributed by atoms with Crippen molar-refractivity contribution in [2.75, 3.05) is 7.11 Å². The van der Waals surface area contributed by atoms with E-state index in [9.17, 15) is 14.9 Å². The molecule has 0 aromatic heterocycles. The van der Waals surface area contributed by atoms with Gasteiger partial charge in [-0.25, -0.2) is 4.79 Å². The van der Waals surface area contributed by atoms with Gasteiger partial charge in [0.1, 0.15) is 11.6 Å². The van der Waals surface area contributed by atoms with Crippen LogP contribution in [0.15, 0.2) is 78.4 Å². The van der Waals surface area contributed by atoms with Crippen molar-refractivity contribution >= 4 is 29.6 Å². The van der Waals surface area contributed by atoms with E-state index in [1.165, 1.54) is 25.3 Å². The Bertz CT molecular complexity index is 1200. The molecule has 7 heteroatoms. The SMILES string of the molecule is COc1cc(/C=C(\C#N)C(=O)NCc2ccccc2)ccc1OC(=O)c1cccc(Cl)c1. The summed E-state index contributed by atoms with van der Waals surface area (Å²) in [5.41, 5.74) is 1.69. The Labute approximate surface area is 190 Å². The number of rotatable bonds is 7. The van der Waals surface area contributed by atoms with Gasteiger partial charge in [0.2, 0.25) is 0 Å². The number of hydrogen-bond acceptors (Lipinski definition) is 5. The van der Waals surface area contributed by atoms with Crippen LogP contribution in [0.4, 0.5) is 0 Å². The number of amides is 1. The number of nitriles is 1. The number of halogens is 1. The Morgan fingerprint density at radius 2 is 1.81 bits per heavy atom. The van der Waals surface area contributed by atoms with Gasteiger partial charge >= 0.3 is 5.97 Å². The van der Waals surface area contributed by atoms with Crippen molar-refractivity contribution in [3.05, 3.63) is 100 Å². The van der Waals surface area contributed by atoms with Crippen molar-refractivity contribution in [3.8, 4) is 17.6 Å². The maximum absolute atomic E-state index is 12.4. The lowest BCUT2D eigenvalue weighted by Gasteiger charge is -2.10. The molecule has 3 rings (SSSR count). The fraction of sp³-hybridized carbons (Fsp3) is 0.0800. The smallest absolute Gasteiger partial charge is 0.343 e. The molecule has 0 saturated heterocycles. The molecule has 32 heavy (non-hydrogen) atoms. The maximum atomic E-state index is 12.4. The predicted molar refractivity (Wildman–Crippen MR) is 121 cm³/mol. The van der Waals surface area contributed by atoms with E-state index < -0.39 is 11.9 Å². The van der Waals surface area contributed by atoms with Crippen molar-refractivity contribution in [3.63, 3.8) is 0 Å². The zero-order valence-corrected chi connectivity index (χ0v) is 17.9. The number of benzene rings is 3. The fourth-order valence-corrected chi connectivity index (χ4v) is 3.01. The zero-order valence-electron chi connectivity index (χ0n) is 17.2. The molecule has 3 aromatic carbocycles. The van der Waals surface area contributed by atoms with E-state index in [4.69, 9.17) is 21.1 Å². The number of esters is 1. The van der Waals surface area contributed by atoms with E-state index in [0.717, 1.165) is 5.56 Å². The van der Waals surface area contributed by atoms with Crippen LogP contribution in [0.3, 0.4) is 0 Å². The highest BCUT2D eigenvalue weighted by Gasteiger charge is 2.14. The Balaban J connectivity index is 1.74. The van der Waals surface area contributed by atoms with Crippen molar-refractivity contribution < 1.29 is 19.1 Å². The van der Waals surface area contributed by atoms with Gasteiger partial charge < -0.3 is 14.8 Å². The Morgan fingerprint density at radius 1 is 1.03 bits per heavy atom. The number of hydrogen-bond donors (Lipinski definition) is 1. The molecule has 0 radical (unpaired) electrons. The Kier molecular flexibility index (Phi) is 7.63. The summed E-state index contributed by atoms with van der Waals surface area (Å²) in [7, 11) is 1.43. The van der Waals surface area contributed by atoms with Crippen LogP contribution in [0.2, 0.25) is 5.02 Å². The van der Waals surface area contributed by atoms with Crippen molar-refractivity contribution in [1.29, 1.82) is 5.26 Å². The van der Waals surface area contributed by atoms with Gasteiger partial charge in [-0.3, -0.25) is 4.79 Å². The summed E-state index contributed by atoms with van der Waals surface area (Å²) in [6.07, 6.45) is 1.44. The molecule has 0 heterocycles. The number of nitrogens with one attached hydrogen (secondary N) is 1. The Hall–Kier alpha value is -4.08.